The van der Waals surface area contributed by atoms with E-state index in [4.69, 9.17) is 11.6 Å². The van der Waals surface area contributed by atoms with E-state index in [2.05, 4.69) is 42.4 Å². The molecule has 1 aliphatic carbocycles. The van der Waals surface area contributed by atoms with E-state index in [1.54, 1.807) is 11.3 Å². The minimum absolute atomic E-state index is 0.141. The first-order valence-corrected chi connectivity index (χ1v) is 14.0. The number of amides is 1. The molecule has 0 saturated heterocycles. The molecule has 35 heavy (non-hydrogen) atoms. The van der Waals surface area contributed by atoms with Crippen molar-refractivity contribution in [2.45, 2.75) is 58.0 Å². The third-order valence-electron chi connectivity index (χ3n) is 7.18. The maximum Gasteiger partial charge on any atom is 0.235 e. The number of nitrogens with zero attached hydrogens (tertiary/aromatic N) is 4. The van der Waals surface area contributed by atoms with Crippen LogP contribution in [0.3, 0.4) is 0 Å². The summed E-state index contributed by atoms with van der Waals surface area (Å²) in [6, 6.07) is 9.99. The van der Waals surface area contributed by atoms with Crippen molar-refractivity contribution in [1.82, 2.24) is 14.8 Å². The molecular formula is C26H30ClN5OS2. The van der Waals surface area contributed by atoms with Gasteiger partial charge in [0.1, 0.15) is 16.9 Å². The largest absolute Gasteiger partial charge is 0.316 e. The standard InChI is InChI=1S/C26H30ClN5OS2/c1-5-26(2,3)17-8-11-19-20(14-28)24(35-21(19)13-17)29-23(33)15-34-25-31-30-22(32(25)4)12-16-6-9-18(27)10-7-16/h6-7,9-10,17H,5,8,11-13,15H2,1-4H3,(H,29,33). The topological polar surface area (TPSA) is 83.6 Å². The molecule has 0 saturated carbocycles. The van der Waals surface area contributed by atoms with Crippen LogP contribution in [-0.2, 0) is 31.1 Å². The van der Waals surface area contributed by atoms with Crippen LogP contribution in [0.5, 0.6) is 0 Å². The molecule has 1 N–H and O–H groups in total. The first-order valence-electron chi connectivity index (χ1n) is 11.8. The van der Waals surface area contributed by atoms with E-state index in [9.17, 15) is 10.1 Å². The van der Waals surface area contributed by atoms with E-state index in [1.807, 2.05) is 35.9 Å². The van der Waals surface area contributed by atoms with Crippen molar-refractivity contribution in [3.63, 3.8) is 0 Å². The number of hydrogen-bond donors (Lipinski definition) is 1. The molecule has 1 aliphatic rings. The SMILES string of the molecule is CCC(C)(C)C1CCc2c(sc(NC(=O)CSc3nnc(Cc4ccc(Cl)cc4)n3C)c2C#N)C1. The summed E-state index contributed by atoms with van der Waals surface area (Å²) >= 11 is 8.88. The van der Waals surface area contributed by atoms with Gasteiger partial charge in [0, 0.05) is 23.4 Å². The van der Waals surface area contributed by atoms with Crippen molar-refractivity contribution in [3.8, 4) is 6.07 Å². The van der Waals surface area contributed by atoms with Gasteiger partial charge in [-0.15, -0.1) is 21.5 Å². The average Bonchev–Trinajstić information content (AvgIpc) is 3.37. The van der Waals surface area contributed by atoms with Gasteiger partial charge < -0.3 is 9.88 Å². The van der Waals surface area contributed by atoms with Crippen LogP contribution >= 0.6 is 34.7 Å². The van der Waals surface area contributed by atoms with Crippen LogP contribution < -0.4 is 5.32 Å². The van der Waals surface area contributed by atoms with Gasteiger partial charge in [-0.1, -0.05) is 62.7 Å². The van der Waals surface area contributed by atoms with Crippen LogP contribution in [0.1, 0.15) is 61.0 Å². The molecule has 1 unspecified atom stereocenters. The first kappa shape index (κ1) is 25.7. The Morgan fingerprint density at radius 2 is 2.09 bits per heavy atom. The van der Waals surface area contributed by atoms with Gasteiger partial charge in [0.05, 0.1) is 11.3 Å². The Balaban J connectivity index is 1.39. The second-order valence-electron chi connectivity index (χ2n) is 9.70. The lowest BCUT2D eigenvalue weighted by molar-refractivity contribution is -0.113. The van der Waals surface area contributed by atoms with Crippen molar-refractivity contribution in [3.05, 3.63) is 56.7 Å². The maximum atomic E-state index is 12.8. The summed E-state index contributed by atoms with van der Waals surface area (Å²) in [6.45, 7) is 6.90. The number of benzene rings is 1. The van der Waals surface area contributed by atoms with Gasteiger partial charge in [0.2, 0.25) is 5.91 Å². The lowest BCUT2D eigenvalue weighted by Crippen LogP contribution is -2.28. The zero-order chi connectivity index (χ0) is 25.2. The van der Waals surface area contributed by atoms with Gasteiger partial charge in [-0.05, 0) is 53.9 Å². The number of carbonyl (C=O) groups excluding carboxylic acids is 1. The highest BCUT2D eigenvalue weighted by Crippen LogP contribution is 2.45. The number of hydrogen-bond acceptors (Lipinski definition) is 6. The maximum absolute atomic E-state index is 12.8. The summed E-state index contributed by atoms with van der Waals surface area (Å²) in [5.41, 5.74) is 3.13. The molecule has 0 radical (unpaired) electrons. The number of thiophene rings is 1. The molecule has 2 heterocycles. The third-order valence-corrected chi connectivity index (χ3v) is 9.62. The molecule has 0 aliphatic heterocycles. The van der Waals surface area contributed by atoms with Crippen molar-refractivity contribution in [2.75, 3.05) is 11.1 Å². The molecule has 4 rings (SSSR count). The van der Waals surface area contributed by atoms with Crippen LogP contribution in [0.4, 0.5) is 5.00 Å². The Kier molecular flexibility index (Phi) is 7.89. The van der Waals surface area contributed by atoms with Crippen molar-refractivity contribution in [1.29, 1.82) is 5.26 Å². The molecular weight excluding hydrogens is 498 g/mol. The number of nitrogens with one attached hydrogen (secondary N) is 1. The summed E-state index contributed by atoms with van der Waals surface area (Å²) in [7, 11) is 1.90. The first-order chi connectivity index (χ1) is 16.7. The lowest BCUT2D eigenvalue weighted by Gasteiger charge is -2.36. The number of nitriles is 1. The van der Waals surface area contributed by atoms with Gasteiger partial charge in [-0.2, -0.15) is 5.26 Å². The Morgan fingerprint density at radius 1 is 1.34 bits per heavy atom. The van der Waals surface area contributed by atoms with Gasteiger partial charge >= 0.3 is 0 Å². The predicted molar refractivity (Wildman–Crippen MR) is 143 cm³/mol. The second-order valence-corrected chi connectivity index (χ2v) is 12.2. The van der Waals surface area contributed by atoms with Gasteiger partial charge in [0.25, 0.3) is 0 Å². The van der Waals surface area contributed by atoms with Crippen LogP contribution in [-0.4, -0.2) is 26.4 Å². The Labute approximate surface area is 220 Å². The summed E-state index contributed by atoms with van der Waals surface area (Å²) in [5, 5.41) is 23.4. The van der Waals surface area contributed by atoms with E-state index >= 15 is 0 Å². The summed E-state index contributed by atoms with van der Waals surface area (Å²) in [4.78, 5) is 14.0. The fourth-order valence-corrected chi connectivity index (χ4v) is 6.60. The molecule has 0 spiro atoms. The van der Waals surface area contributed by atoms with E-state index in [0.29, 0.717) is 33.1 Å². The quantitative estimate of drug-likeness (QED) is 0.349. The summed E-state index contributed by atoms with van der Waals surface area (Å²) in [6.07, 6.45) is 4.74. The molecule has 9 heteroatoms. The van der Waals surface area contributed by atoms with Gasteiger partial charge in [0.15, 0.2) is 5.16 Å². The highest BCUT2D eigenvalue weighted by molar-refractivity contribution is 7.99. The van der Waals surface area contributed by atoms with Crippen LogP contribution in [0.15, 0.2) is 29.4 Å². The number of fused-ring (bicyclic) bond motifs is 1. The number of thioether (sulfide) groups is 1. The highest BCUT2D eigenvalue weighted by atomic mass is 35.5. The fourth-order valence-electron chi connectivity index (χ4n) is 4.45. The smallest absolute Gasteiger partial charge is 0.235 e. The molecule has 1 amide bonds. The van der Waals surface area contributed by atoms with Crippen molar-refractivity contribution in [2.24, 2.45) is 18.4 Å². The Hall–Kier alpha value is -2.34. The second kappa shape index (κ2) is 10.7. The van der Waals surface area contributed by atoms with Crippen LogP contribution in [0.25, 0.3) is 0 Å². The van der Waals surface area contributed by atoms with E-state index < -0.39 is 0 Å². The van der Waals surface area contributed by atoms with E-state index in [0.717, 1.165) is 42.6 Å². The van der Waals surface area contributed by atoms with Crippen molar-refractivity contribution < 1.29 is 4.79 Å². The minimum Gasteiger partial charge on any atom is -0.316 e. The summed E-state index contributed by atoms with van der Waals surface area (Å²) in [5.74, 6) is 1.48. The number of carbonyl (C=O) groups is 1. The molecule has 2 aromatic heterocycles. The highest BCUT2D eigenvalue weighted by Gasteiger charge is 2.34. The molecule has 3 aromatic rings. The Bertz CT molecular complexity index is 1260. The molecule has 1 aromatic carbocycles. The number of rotatable bonds is 8. The average molecular weight is 528 g/mol. The fraction of sp³-hybridized carbons (Fsp3) is 0.462. The summed E-state index contributed by atoms with van der Waals surface area (Å²) < 4.78 is 1.91. The normalized spacial score (nSPS) is 15.5. The monoisotopic (exact) mass is 527 g/mol. The zero-order valence-corrected chi connectivity index (χ0v) is 22.9. The molecule has 0 bridgehead atoms. The number of aromatic nitrogens is 3. The molecule has 0 fully saturated rings. The van der Waals surface area contributed by atoms with E-state index in [1.165, 1.54) is 16.6 Å². The van der Waals surface area contributed by atoms with Gasteiger partial charge in [-0.3, -0.25) is 4.79 Å². The lowest BCUT2D eigenvalue weighted by atomic mass is 9.69. The molecule has 1 atom stereocenters. The van der Waals surface area contributed by atoms with Gasteiger partial charge in [-0.25, -0.2) is 0 Å². The van der Waals surface area contributed by atoms with E-state index in [-0.39, 0.29) is 17.1 Å². The number of anilines is 1. The Morgan fingerprint density at radius 3 is 2.77 bits per heavy atom. The van der Waals surface area contributed by atoms with Crippen LogP contribution in [0.2, 0.25) is 5.02 Å². The zero-order valence-electron chi connectivity index (χ0n) is 20.5. The van der Waals surface area contributed by atoms with Crippen molar-refractivity contribution >= 4 is 45.6 Å². The molecule has 6 nitrogen and oxygen atoms in total. The number of halogens is 1. The molecule has 184 valence electrons. The third kappa shape index (κ3) is 5.74. The minimum atomic E-state index is -0.141. The predicted octanol–water partition coefficient (Wildman–Crippen LogP) is 6.26. The van der Waals surface area contributed by atoms with Crippen LogP contribution in [0, 0.1) is 22.7 Å².